The molecule has 0 unspecified atom stereocenters. The molecule has 2 atom stereocenters. The Bertz CT molecular complexity index is 256. The van der Waals surface area contributed by atoms with Gasteiger partial charge in [-0.15, -0.1) is 0 Å². The molecule has 7 nitrogen and oxygen atoms in total. The number of carbonyl (C=O) groups is 1. The van der Waals surface area contributed by atoms with Crippen LogP contribution in [0.15, 0.2) is 0 Å². The summed E-state index contributed by atoms with van der Waals surface area (Å²) in [6.45, 7) is 2.01. The smallest absolute Gasteiger partial charge is 0.237 e. The first-order valence-corrected chi connectivity index (χ1v) is 4.99. The molecule has 0 aromatic heterocycles. The zero-order chi connectivity index (χ0) is 12.6. The molecule has 0 aliphatic heterocycles. The third-order valence-electron chi connectivity index (χ3n) is 1.88. The maximum Gasteiger partial charge on any atom is 0.237 e. The summed E-state index contributed by atoms with van der Waals surface area (Å²) in [6.07, 6.45) is 2.71. The highest BCUT2D eigenvalue weighted by Gasteiger charge is 2.14. The van der Waals surface area contributed by atoms with E-state index in [0.29, 0.717) is 19.4 Å². The van der Waals surface area contributed by atoms with Crippen molar-refractivity contribution >= 4 is 18.2 Å². The Balaban J connectivity index is 3.70. The summed E-state index contributed by atoms with van der Waals surface area (Å²) in [5, 5.41) is 11.9. The Morgan fingerprint density at radius 2 is 2.19 bits per heavy atom. The van der Waals surface area contributed by atoms with Gasteiger partial charge in [0.2, 0.25) is 12.2 Å². The highest BCUT2D eigenvalue weighted by Crippen LogP contribution is 1.94. The van der Waals surface area contributed by atoms with E-state index >= 15 is 0 Å². The molecule has 0 spiro atoms. The zero-order valence-corrected chi connectivity index (χ0v) is 9.25. The van der Waals surface area contributed by atoms with Crippen molar-refractivity contribution in [3.8, 4) is 0 Å². The number of nitrogens with two attached hydrogens (primary N) is 2. The third-order valence-corrected chi connectivity index (χ3v) is 1.88. The Hall–Kier alpha value is -1.63. The highest BCUT2D eigenvalue weighted by molar-refractivity contribution is 5.84. The van der Waals surface area contributed by atoms with Crippen molar-refractivity contribution in [2.75, 3.05) is 6.54 Å². The molecule has 7 heteroatoms. The van der Waals surface area contributed by atoms with Crippen LogP contribution < -0.4 is 22.1 Å². The lowest BCUT2D eigenvalue weighted by Crippen LogP contribution is -2.45. The van der Waals surface area contributed by atoms with Gasteiger partial charge in [-0.2, -0.15) is 0 Å². The van der Waals surface area contributed by atoms with E-state index in [4.69, 9.17) is 16.9 Å². The summed E-state index contributed by atoms with van der Waals surface area (Å²) < 4.78 is 0. The van der Waals surface area contributed by atoms with Crippen LogP contribution in [0.2, 0.25) is 0 Å². The van der Waals surface area contributed by atoms with Gasteiger partial charge in [0.05, 0.1) is 12.1 Å². The molecular formula is C9H18N5O2. The first-order valence-electron chi connectivity index (χ1n) is 4.99. The zero-order valence-electron chi connectivity index (χ0n) is 9.25. The van der Waals surface area contributed by atoms with Gasteiger partial charge in [-0.3, -0.25) is 15.0 Å². The van der Waals surface area contributed by atoms with Gasteiger partial charge in [0, 0.05) is 6.54 Å². The second-order valence-corrected chi connectivity index (χ2v) is 3.44. The second kappa shape index (κ2) is 7.63. The molecule has 91 valence electrons. The van der Waals surface area contributed by atoms with Gasteiger partial charge in [0.25, 0.3) is 0 Å². The van der Waals surface area contributed by atoms with Crippen LogP contribution in [0.5, 0.6) is 0 Å². The summed E-state index contributed by atoms with van der Waals surface area (Å²) in [5.41, 5.74) is 10.7. The van der Waals surface area contributed by atoms with Gasteiger partial charge < -0.3 is 22.1 Å². The molecule has 0 aliphatic rings. The molecule has 0 aromatic rings. The van der Waals surface area contributed by atoms with E-state index in [0.717, 1.165) is 0 Å². The van der Waals surface area contributed by atoms with E-state index in [2.05, 4.69) is 10.6 Å². The fraction of sp³-hybridized carbons (Fsp3) is 0.667. The lowest BCUT2D eigenvalue weighted by molar-refractivity contribution is -0.122. The van der Waals surface area contributed by atoms with Gasteiger partial charge in [-0.1, -0.05) is 0 Å². The summed E-state index contributed by atoms with van der Waals surface area (Å²) >= 11 is 0. The SMILES string of the molecule is C[C@@H]([C]=O)NC(=O)[C@H](N)CCCNC(=N)N. The fourth-order valence-electron chi connectivity index (χ4n) is 1.03. The van der Waals surface area contributed by atoms with Crippen LogP contribution in [-0.4, -0.2) is 36.8 Å². The van der Waals surface area contributed by atoms with E-state index in [1.807, 2.05) is 0 Å². The molecule has 0 fully saturated rings. The number of amides is 1. The lowest BCUT2D eigenvalue weighted by atomic mass is 10.1. The summed E-state index contributed by atoms with van der Waals surface area (Å²) in [7, 11) is 0. The van der Waals surface area contributed by atoms with Crippen molar-refractivity contribution in [1.29, 1.82) is 5.41 Å². The third kappa shape index (κ3) is 6.77. The second-order valence-electron chi connectivity index (χ2n) is 3.44. The molecule has 0 saturated heterocycles. The van der Waals surface area contributed by atoms with Crippen molar-refractivity contribution < 1.29 is 9.59 Å². The Labute approximate surface area is 94.4 Å². The molecule has 1 radical (unpaired) electrons. The largest absolute Gasteiger partial charge is 0.370 e. The fourth-order valence-corrected chi connectivity index (χ4v) is 1.03. The normalized spacial score (nSPS) is 13.6. The lowest BCUT2D eigenvalue weighted by Gasteiger charge is -2.13. The van der Waals surface area contributed by atoms with Crippen LogP contribution in [0.4, 0.5) is 0 Å². The number of hydrogen-bond acceptors (Lipinski definition) is 4. The van der Waals surface area contributed by atoms with Crippen LogP contribution in [0.3, 0.4) is 0 Å². The van der Waals surface area contributed by atoms with Crippen molar-refractivity contribution in [2.45, 2.75) is 31.8 Å². The van der Waals surface area contributed by atoms with Gasteiger partial charge >= 0.3 is 0 Å². The van der Waals surface area contributed by atoms with Gasteiger partial charge in [-0.05, 0) is 19.8 Å². The number of carbonyl (C=O) groups excluding carboxylic acids is 2. The molecule has 0 aliphatic carbocycles. The molecule has 0 aromatic carbocycles. The quantitative estimate of drug-likeness (QED) is 0.199. The molecule has 0 bridgehead atoms. The minimum absolute atomic E-state index is 0.109. The van der Waals surface area contributed by atoms with Gasteiger partial charge in [-0.25, -0.2) is 0 Å². The maximum atomic E-state index is 11.3. The van der Waals surface area contributed by atoms with Gasteiger partial charge in [0.1, 0.15) is 0 Å². The Morgan fingerprint density at radius 3 is 2.69 bits per heavy atom. The predicted molar refractivity (Wildman–Crippen MR) is 60.4 cm³/mol. The molecule has 16 heavy (non-hydrogen) atoms. The maximum absolute atomic E-state index is 11.3. The van der Waals surface area contributed by atoms with Crippen LogP contribution in [0, 0.1) is 5.41 Å². The topological polar surface area (TPSA) is 134 Å². The summed E-state index contributed by atoms with van der Waals surface area (Å²) in [6, 6.07) is -1.31. The van der Waals surface area contributed by atoms with Crippen LogP contribution in [-0.2, 0) is 9.59 Å². The molecular weight excluding hydrogens is 210 g/mol. The Kier molecular flexibility index (Phi) is 6.86. The molecule has 0 saturated carbocycles. The number of rotatable bonds is 7. The average molecular weight is 228 g/mol. The Morgan fingerprint density at radius 1 is 1.56 bits per heavy atom. The number of nitrogens with one attached hydrogen (secondary N) is 3. The van der Waals surface area contributed by atoms with Crippen molar-refractivity contribution in [3.63, 3.8) is 0 Å². The van der Waals surface area contributed by atoms with Crippen LogP contribution in [0.25, 0.3) is 0 Å². The standard InChI is InChI=1S/C9H18N5O2/c1-6(5-15)14-8(16)7(10)3-2-4-13-9(11)12/h6-7H,2-4,10H2,1H3,(H,14,16)(H4,11,12,13)/t6-,7+/m0/s1. The number of guanidine groups is 1. The molecule has 1 amide bonds. The van der Waals surface area contributed by atoms with E-state index in [9.17, 15) is 9.59 Å². The van der Waals surface area contributed by atoms with E-state index in [1.165, 1.54) is 6.92 Å². The monoisotopic (exact) mass is 228 g/mol. The first-order chi connectivity index (χ1) is 7.47. The molecule has 7 N–H and O–H groups in total. The highest BCUT2D eigenvalue weighted by atomic mass is 16.2. The predicted octanol–water partition coefficient (Wildman–Crippen LogP) is -1.81. The number of hydrogen-bond donors (Lipinski definition) is 5. The van der Waals surface area contributed by atoms with Crippen LogP contribution >= 0.6 is 0 Å². The average Bonchev–Trinajstić information content (AvgIpc) is 2.23. The summed E-state index contributed by atoms with van der Waals surface area (Å²) in [4.78, 5) is 21.5. The minimum Gasteiger partial charge on any atom is -0.370 e. The van der Waals surface area contributed by atoms with Crippen molar-refractivity contribution in [1.82, 2.24) is 10.6 Å². The molecule has 0 heterocycles. The van der Waals surface area contributed by atoms with Crippen LogP contribution in [0.1, 0.15) is 19.8 Å². The summed E-state index contributed by atoms with van der Waals surface area (Å²) in [5.74, 6) is -0.485. The van der Waals surface area contributed by atoms with E-state index in [-0.39, 0.29) is 11.9 Å². The van der Waals surface area contributed by atoms with Crippen molar-refractivity contribution in [2.24, 2.45) is 11.5 Å². The minimum atomic E-state index is -0.662. The molecule has 0 rings (SSSR count). The van der Waals surface area contributed by atoms with Gasteiger partial charge in [0.15, 0.2) is 5.96 Å². The first kappa shape index (κ1) is 14.4. The van der Waals surface area contributed by atoms with Crippen molar-refractivity contribution in [3.05, 3.63) is 0 Å². The van der Waals surface area contributed by atoms with E-state index in [1.54, 1.807) is 6.29 Å². The van der Waals surface area contributed by atoms with E-state index < -0.39 is 12.1 Å².